The molecule has 1 N–H and O–H groups in total. The Kier molecular flexibility index (Phi) is 5.23. The monoisotopic (exact) mass is 317 g/mol. The third kappa shape index (κ3) is 5.54. The van der Waals surface area contributed by atoms with E-state index in [1.165, 1.54) is 15.8 Å². The van der Waals surface area contributed by atoms with Crippen LogP contribution in [0.4, 0.5) is 0 Å². The van der Waals surface area contributed by atoms with E-state index >= 15 is 0 Å². The average Bonchev–Trinajstić information content (AvgIpc) is 2.60. The van der Waals surface area contributed by atoms with Gasteiger partial charge in [-0.15, -0.1) is 11.3 Å². The molecule has 3 heteroatoms. The van der Waals surface area contributed by atoms with E-state index in [0.717, 1.165) is 13.0 Å². The highest BCUT2D eigenvalue weighted by Crippen LogP contribution is 2.30. The lowest BCUT2D eigenvalue weighted by atomic mass is 9.82. The summed E-state index contributed by atoms with van der Waals surface area (Å²) >= 11 is 5.38. The SMILES string of the molecule is CCC(C)(CNC(C)(C)C)Cc1cc(Br)cs1. The molecule has 0 aliphatic rings. The summed E-state index contributed by atoms with van der Waals surface area (Å²) in [5, 5.41) is 5.80. The van der Waals surface area contributed by atoms with Gasteiger partial charge in [-0.3, -0.25) is 0 Å². The van der Waals surface area contributed by atoms with E-state index < -0.39 is 0 Å². The first-order valence-corrected chi connectivity index (χ1v) is 7.89. The number of nitrogens with one attached hydrogen (secondary N) is 1. The van der Waals surface area contributed by atoms with Crippen LogP contribution in [0, 0.1) is 5.41 Å². The first kappa shape index (κ1) is 15.2. The molecular formula is C14H24BrNS. The van der Waals surface area contributed by atoms with Crippen molar-refractivity contribution in [2.45, 2.75) is 53.0 Å². The van der Waals surface area contributed by atoms with Crippen LogP contribution in [0.1, 0.15) is 45.9 Å². The molecule has 0 bridgehead atoms. The van der Waals surface area contributed by atoms with Crippen molar-refractivity contribution in [3.8, 4) is 0 Å². The molecule has 1 unspecified atom stereocenters. The third-order valence-electron chi connectivity index (χ3n) is 3.12. The van der Waals surface area contributed by atoms with E-state index in [4.69, 9.17) is 0 Å². The van der Waals surface area contributed by atoms with Crippen molar-refractivity contribution in [2.24, 2.45) is 5.41 Å². The molecule has 0 aromatic carbocycles. The summed E-state index contributed by atoms with van der Waals surface area (Å²) < 4.78 is 1.21. The van der Waals surface area contributed by atoms with E-state index in [2.05, 4.69) is 67.3 Å². The molecule has 1 heterocycles. The maximum atomic E-state index is 3.63. The first-order chi connectivity index (χ1) is 7.74. The second-order valence-electron chi connectivity index (χ2n) is 6.18. The predicted octanol–water partition coefficient (Wildman–Crippen LogP) is 4.86. The smallest absolute Gasteiger partial charge is 0.0285 e. The van der Waals surface area contributed by atoms with Gasteiger partial charge in [0.25, 0.3) is 0 Å². The first-order valence-electron chi connectivity index (χ1n) is 6.22. The lowest BCUT2D eigenvalue weighted by Gasteiger charge is -2.32. The van der Waals surface area contributed by atoms with E-state index in [1.54, 1.807) is 0 Å². The molecule has 98 valence electrons. The van der Waals surface area contributed by atoms with E-state index in [9.17, 15) is 0 Å². The minimum Gasteiger partial charge on any atom is -0.312 e. The second kappa shape index (κ2) is 5.85. The summed E-state index contributed by atoms with van der Waals surface area (Å²) in [4.78, 5) is 1.47. The van der Waals surface area contributed by atoms with Crippen LogP contribution in [-0.2, 0) is 6.42 Å². The Hall–Kier alpha value is 0.140. The van der Waals surface area contributed by atoms with Gasteiger partial charge in [-0.05, 0) is 61.0 Å². The Bertz CT molecular complexity index is 353. The topological polar surface area (TPSA) is 12.0 Å². The highest BCUT2D eigenvalue weighted by atomic mass is 79.9. The van der Waals surface area contributed by atoms with Crippen molar-refractivity contribution in [3.05, 3.63) is 20.8 Å². The zero-order valence-electron chi connectivity index (χ0n) is 11.6. The molecule has 0 saturated carbocycles. The van der Waals surface area contributed by atoms with Gasteiger partial charge in [0.1, 0.15) is 0 Å². The van der Waals surface area contributed by atoms with Crippen LogP contribution in [-0.4, -0.2) is 12.1 Å². The van der Waals surface area contributed by atoms with Crippen molar-refractivity contribution in [3.63, 3.8) is 0 Å². The van der Waals surface area contributed by atoms with Crippen molar-refractivity contribution in [1.82, 2.24) is 5.32 Å². The van der Waals surface area contributed by atoms with Crippen LogP contribution >= 0.6 is 27.3 Å². The maximum absolute atomic E-state index is 3.63. The van der Waals surface area contributed by atoms with Crippen molar-refractivity contribution >= 4 is 27.3 Å². The van der Waals surface area contributed by atoms with Gasteiger partial charge in [-0.25, -0.2) is 0 Å². The van der Waals surface area contributed by atoms with Gasteiger partial charge in [0, 0.05) is 26.8 Å². The van der Waals surface area contributed by atoms with E-state index in [1.807, 2.05) is 11.3 Å². The molecule has 0 amide bonds. The molecule has 1 rings (SSSR count). The van der Waals surface area contributed by atoms with Gasteiger partial charge in [0.05, 0.1) is 0 Å². The molecule has 1 aromatic rings. The van der Waals surface area contributed by atoms with E-state index in [-0.39, 0.29) is 5.54 Å². The number of hydrogen-bond donors (Lipinski definition) is 1. The van der Waals surface area contributed by atoms with Crippen molar-refractivity contribution in [1.29, 1.82) is 0 Å². The molecular weight excluding hydrogens is 294 g/mol. The molecule has 0 saturated heterocycles. The van der Waals surface area contributed by atoms with Crippen molar-refractivity contribution < 1.29 is 0 Å². The molecule has 17 heavy (non-hydrogen) atoms. The number of halogens is 1. The van der Waals surface area contributed by atoms with Gasteiger partial charge in [-0.1, -0.05) is 13.8 Å². The normalized spacial score (nSPS) is 15.9. The summed E-state index contributed by atoms with van der Waals surface area (Å²) in [5.41, 5.74) is 0.546. The number of rotatable bonds is 5. The Morgan fingerprint density at radius 2 is 1.94 bits per heavy atom. The summed E-state index contributed by atoms with van der Waals surface area (Å²) in [7, 11) is 0. The molecule has 0 radical (unpaired) electrons. The van der Waals surface area contributed by atoms with Gasteiger partial charge in [0.15, 0.2) is 0 Å². The summed E-state index contributed by atoms with van der Waals surface area (Å²) in [6.07, 6.45) is 2.36. The maximum Gasteiger partial charge on any atom is 0.0285 e. The molecule has 0 aliphatic carbocycles. The molecule has 1 atom stereocenters. The quantitative estimate of drug-likeness (QED) is 0.818. The molecule has 1 aromatic heterocycles. The number of hydrogen-bond acceptors (Lipinski definition) is 2. The van der Waals surface area contributed by atoms with Crippen LogP contribution < -0.4 is 5.32 Å². The van der Waals surface area contributed by atoms with Crippen LogP contribution in [0.25, 0.3) is 0 Å². The zero-order chi connectivity index (χ0) is 13.1. The lowest BCUT2D eigenvalue weighted by molar-refractivity contribution is 0.256. The molecule has 0 spiro atoms. The van der Waals surface area contributed by atoms with Crippen molar-refractivity contribution in [2.75, 3.05) is 6.54 Å². The molecule has 1 nitrogen and oxygen atoms in total. The minimum absolute atomic E-state index is 0.201. The van der Waals surface area contributed by atoms with Gasteiger partial charge >= 0.3 is 0 Å². The Labute approximate surface area is 118 Å². The second-order valence-corrected chi connectivity index (χ2v) is 8.09. The summed E-state index contributed by atoms with van der Waals surface area (Å²) in [6.45, 7) is 12.4. The zero-order valence-corrected chi connectivity index (χ0v) is 14.0. The lowest BCUT2D eigenvalue weighted by Crippen LogP contribution is -2.43. The Balaban J connectivity index is 2.62. The fourth-order valence-electron chi connectivity index (χ4n) is 1.66. The van der Waals surface area contributed by atoms with Gasteiger partial charge < -0.3 is 5.32 Å². The van der Waals surface area contributed by atoms with Gasteiger partial charge in [0.2, 0.25) is 0 Å². The standard InChI is InChI=1S/C14H24BrNS/c1-6-14(5,10-16-13(2,3)4)8-12-7-11(15)9-17-12/h7,9,16H,6,8,10H2,1-5H3. The van der Waals surface area contributed by atoms with Gasteiger partial charge in [-0.2, -0.15) is 0 Å². The fourth-order valence-corrected chi connectivity index (χ4v) is 3.33. The van der Waals surface area contributed by atoms with E-state index in [0.29, 0.717) is 5.41 Å². The fraction of sp³-hybridized carbons (Fsp3) is 0.714. The van der Waals surface area contributed by atoms with Crippen LogP contribution in [0.5, 0.6) is 0 Å². The highest BCUT2D eigenvalue weighted by Gasteiger charge is 2.25. The predicted molar refractivity (Wildman–Crippen MR) is 81.9 cm³/mol. The summed E-state index contributed by atoms with van der Waals surface area (Å²) in [6, 6.07) is 2.25. The molecule has 0 fully saturated rings. The molecule has 0 aliphatic heterocycles. The van der Waals surface area contributed by atoms with Crippen LogP contribution in [0.15, 0.2) is 15.9 Å². The Morgan fingerprint density at radius 3 is 2.35 bits per heavy atom. The minimum atomic E-state index is 0.201. The van der Waals surface area contributed by atoms with Crippen LogP contribution in [0.2, 0.25) is 0 Å². The summed E-state index contributed by atoms with van der Waals surface area (Å²) in [5.74, 6) is 0. The average molecular weight is 318 g/mol. The number of thiophene rings is 1. The third-order valence-corrected chi connectivity index (χ3v) is 4.82. The largest absolute Gasteiger partial charge is 0.312 e. The Morgan fingerprint density at radius 1 is 1.29 bits per heavy atom. The highest BCUT2D eigenvalue weighted by molar-refractivity contribution is 9.10. The van der Waals surface area contributed by atoms with Crippen LogP contribution in [0.3, 0.4) is 0 Å².